The minimum absolute atomic E-state index is 0.519. The predicted octanol–water partition coefficient (Wildman–Crippen LogP) is 2.95. The number of rotatable bonds is 4. The molecular formula is C12H12BrN5. The molecule has 0 saturated heterocycles. The highest BCUT2D eigenvalue weighted by Crippen LogP contribution is 2.25. The monoisotopic (exact) mass is 305 g/mol. The van der Waals surface area contributed by atoms with Crippen molar-refractivity contribution in [1.29, 1.82) is 0 Å². The number of nitrogens with zero attached hydrogens (tertiary/aromatic N) is 3. The molecule has 0 unspecified atom stereocenters. The molecule has 0 amide bonds. The van der Waals surface area contributed by atoms with Crippen molar-refractivity contribution in [2.45, 2.75) is 18.9 Å². The summed E-state index contributed by atoms with van der Waals surface area (Å²) < 4.78 is 0.986. The van der Waals surface area contributed by atoms with Gasteiger partial charge < -0.3 is 10.6 Å². The Morgan fingerprint density at radius 2 is 2.06 bits per heavy atom. The molecule has 3 rings (SSSR count). The molecule has 18 heavy (non-hydrogen) atoms. The van der Waals surface area contributed by atoms with Gasteiger partial charge in [-0.15, -0.1) is 5.10 Å². The smallest absolute Gasteiger partial charge is 0.244 e. The SMILES string of the molecule is Brc1ccccc1Nc1cnnc(NC2CC2)n1. The number of anilines is 3. The van der Waals surface area contributed by atoms with Gasteiger partial charge in [0.15, 0.2) is 5.82 Å². The van der Waals surface area contributed by atoms with Crippen molar-refractivity contribution < 1.29 is 0 Å². The number of hydrogen-bond acceptors (Lipinski definition) is 5. The molecule has 0 spiro atoms. The van der Waals surface area contributed by atoms with Crippen LogP contribution in [0.15, 0.2) is 34.9 Å². The molecule has 0 aliphatic heterocycles. The van der Waals surface area contributed by atoms with E-state index in [4.69, 9.17) is 0 Å². The lowest BCUT2D eigenvalue weighted by Crippen LogP contribution is -2.07. The number of para-hydroxylation sites is 1. The van der Waals surface area contributed by atoms with Gasteiger partial charge in [0.2, 0.25) is 5.95 Å². The van der Waals surface area contributed by atoms with Gasteiger partial charge in [-0.05, 0) is 40.9 Å². The van der Waals surface area contributed by atoms with Crippen molar-refractivity contribution in [2.24, 2.45) is 0 Å². The third-order valence-electron chi connectivity index (χ3n) is 2.61. The Morgan fingerprint density at radius 3 is 2.83 bits per heavy atom. The van der Waals surface area contributed by atoms with Gasteiger partial charge in [0, 0.05) is 10.5 Å². The van der Waals surface area contributed by atoms with Crippen LogP contribution in [0.2, 0.25) is 0 Å². The van der Waals surface area contributed by atoms with Crippen molar-refractivity contribution in [2.75, 3.05) is 10.6 Å². The van der Waals surface area contributed by atoms with Crippen LogP contribution in [0.25, 0.3) is 0 Å². The summed E-state index contributed by atoms with van der Waals surface area (Å²) in [4.78, 5) is 4.37. The first-order valence-corrected chi connectivity index (χ1v) is 6.58. The van der Waals surface area contributed by atoms with Crippen LogP contribution in [0.3, 0.4) is 0 Å². The molecule has 0 atom stereocenters. The van der Waals surface area contributed by atoms with Crippen LogP contribution in [0.1, 0.15) is 12.8 Å². The first-order chi connectivity index (χ1) is 8.81. The van der Waals surface area contributed by atoms with E-state index in [9.17, 15) is 0 Å². The third-order valence-corrected chi connectivity index (χ3v) is 3.30. The average Bonchev–Trinajstić information content (AvgIpc) is 3.17. The molecule has 1 fully saturated rings. The zero-order chi connectivity index (χ0) is 12.4. The summed E-state index contributed by atoms with van der Waals surface area (Å²) >= 11 is 3.48. The summed E-state index contributed by atoms with van der Waals surface area (Å²) in [6.45, 7) is 0. The lowest BCUT2D eigenvalue weighted by atomic mass is 10.3. The van der Waals surface area contributed by atoms with Crippen LogP contribution < -0.4 is 10.6 Å². The molecule has 1 aliphatic rings. The van der Waals surface area contributed by atoms with Gasteiger partial charge in [0.05, 0.1) is 11.9 Å². The van der Waals surface area contributed by atoms with Crippen LogP contribution >= 0.6 is 15.9 Å². The average molecular weight is 306 g/mol. The molecule has 1 heterocycles. The Balaban J connectivity index is 1.77. The fraction of sp³-hybridized carbons (Fsp3) is 0.250. The van der Waals surface area contributed by atoms with E-state index in [-0.39, 0.29) is 0 Å². The minimum Gasteiger partial charge on any atom is -0.350 e. The maximum atomic E-state index is 4.37. The van der Waals surface area contributed by atoms with Crippen LogP contribution in [-0.4, -0.2) is 21.2 Å². The number of benzene rings is 1. The quantitative estimate of drug-likeness (QED) is 0.909. The normalized spacial score (nSPS) is 14.3. The maximum absolute atomic E-state index is 4.37. The van der Waals surface area contributed by atoms with E-state index in [0.29, 0.717) is 17.8 Å². The topological polar surface area (TPSA) is 62.7 Å². The van der Waals surface area contributed by atoms with Gasteiger partial charge in [-0.2, -0.15) is 10.1 Å². The largest absolute Gasteiger partial charge is 0.350 e. The van der Waals surface area contributed by atoms with Crippen molar-refractivity contribution >= 4 is 33.4 Å². The zero-order valence-corrected chi connectivity index (χ0v) is 11.2. The number of aromatic nitrogens is 3. The first-order valence-electron chi connectivity index (χ1n) is 5.79. The van der Waals surface area contributed by atoms with E-state index < -0.39 is 0 Å². The zero-order valence-electron chi connectivity index (χ0n) is 9.60. The Kier molecular flexibility index (Phi) is 3.10. The fourth-order valence-corrected chi connectivity index (χ4v) is 1.92. The van der Waals surface area contributed by atoms with Crippen LogP contribution in [0, 0.1) is 0 Å². The van der Waals surface area contributed by atoms with Crippen molar-refractivity contribution in [1.82, 2.24) is 15.2 Å². The Morgan fingerprint density at radius 1 is 1.22 bits per heavy atom. The molecule has 6 heteroatoms. The molecule has 2 N–H and O–H groups in total. The summed E-state index contributed by atoms with van der Waals surface area (Å²) in [5.74, 6) is 1.26. The van der Waals surface area contributed by atoms with E-state index in [1.807, 2.05) is 24.3 Å². The summed E-state index contributed by atoms with van der Waals surface area (Å²) in [6.07, 6.45) is 3.98. The second-order valence-electron chi connectivity index (χ2n) is 4.19. The van der Waals surface area contributed by atoms with E-state index in [2.05, 4.69) is 41.7 Å². The van der Waals surface area contributed by atoms with Crippen molar-refractivity contribution in [3.63, 3.8) is 0 Å². The molecule has 0 bridgehead atoms. The molecule has 2 aromatic rings. The standard InChI is InChI=1S/C12H12BrN5/c13-9-3-1-2-4-10(9)16-11-7-14-18-12(17-11)15-8-5-6-8/h1-4,7-8H,5-6H2,(H2,15,16,17,18). The highest BCUT2D eigenvalue weighted by Gasteiger charge is 2.22. The maximum Gasteiger partial charge on any atom is 0.244 e. The Labute approximate surface area is 113 Å². The van der Waals surface area contributed by atoms with Gasteiger partial charge >= 0.3 is 0 Å². The Bertz CT molecular complexity index is 556. The molecule has 1 aromatic carbocycles. The van der Waals surface area contributed by atoms with E-state index in [0.717, 1.165) is 10.2 Å². The Hall–Kier alpha value is -1.69. The fourth-order valence-electron chi connectivity index (χ4n) is 1.54. The lowest BCUT2D eigenvalue weighted by Gasteiger charge is -2.08. The molecular weight excluding hydrogens is 294 g/mol. The molecule has 5 nitrogen and oxygen atoms in total. The molecule has 0 radical (unpaired) electrons. The van der Waals surface area contributed by atoms with Crippen molar-refractivity contribution in [3.05, 3.63) is 34.9 Å². The van der Waals surface area contributed by atoms with Crippen LogP contribution in [0.5, 0.6) is 0 Å². The summed E-state index contributed by atoms with van der Waals surface area (Å²) in [7, 11) is 0. The number of nitrogens with one attached hydrogen (secondary N) is 2. The van der Waals surface area contributed by atoms with Crippen LogP contribution in [-0.2, 0) is 0 Å². The summed E-state index contributed by atoms with van der Waals surface area (Å²) in [6, 6.07) is 8.39. The summed E-state index contributed by atoms with van der Waals surface area (Å²) in [5.41, 5.74) is 0.954. The van der Waals surface area contributed by atoms with Crippen LogP contribution in [0.4, 0.5) is 17.5 Å². The van der Waals surface area contributed by atoms with Gasteiger partial charge in [-0.3, -0.25) is 0 Å². The van der Waals surface area contributed by atoms with Gasteiger partial charge in [0.25, 0.3) is 0 Å². The first kappa shape index (κ1) is 11.4. The highest BCUT2D eigenvalue weighted by molar-refractivity contribution is 9.10. The van der Waals surface area contributed by atoms with Crippen molar-refractivity contribution in [3.8, 4) is 0 Å². The van der Waals surface area contributed by atoms with Gasteiger partial charge in [-0.1, -0.05) is 12.1 Å². The summed E-state index contributed by atoms with van der Waals surface area (Å²) in [5, 5.41) is 14.3. The predicted molar refractivity (Wildman–Crippen MR) is 73.9 cm³/mol. The second kappa shape index (κ2) is 4.89. The van der Waals surface area contributed by atoms with E-state index >= 15 is 0 Å². The van der Waals surface area contributed by atoms with E-state index in [1.165, 1.54) is 12.8 Å². The second-order valence-corrected chi connectivity index (χ2v) is 5.04. The molecule has 1 aliphatic carbocycles. The highest BCUT2D eigenvalue weighted by atomic mass is 79.9. The minimum atomic E-state index is 0.519. The molecule has 1 saturated carbocycles. The van der Waals surface area contributed by atoms with Gasteiger partial charge in [-0.25, -0.2) is 0 Å². The van der Waals surface area contributed by atoms with Gasteiger partial charge in [0.1, 0.15) is 0 Å². The number of halogens is 1. The molecule has 92 valence electrons. The molecule has 1 aromatic heterocycles. The third kappa shape index (κ3) is 2.76. The lowest BCUT2D eigenvalue weighted by molar-refractivity contribution is 0.947. The number of hydrogen-bond donors (Lipinski definition) is 2. The van der Waals surface area contributed by atoms with E-state index in [1.54, 1.807) is 6.20 Å².